The van der Waals surface area contributed by atoms with Gasteiger partial charge in [-0.05, 0) is 0 Å². The van der Waals surface area contributed by atoms with Gasteiger partial charge in [-0.2, -0.15) is 0 Å². The maximum absolute atomic E-state index is 11.7. The predicted molar refractivity (Wildman–Crippen MR) is 54.6 cm³/mol. The Morgan fingerprint density at radius 3 is 2.67 bits per heavy atom. The molecule has 0 radical (unpaired) electrons. The van der Waals surface area contributed by atoms with Crippen molar-refractivity contribution >= 4 is 17.4 Å². The highest BCUT2D eigenvalue weighted by molar-refractivity contribution is 5.90. The van der Waals surface area contributed by atoms with Gasteiger partial charge in [0.15, 0.2) is 0 Å². The minimum Gasteiger partial charge on any atom is -0.412 e. The van der Waals surface area contributed by atoms with Crippen LogP contribution in [0.5, 0.6) is 0 Å². The first-order valence-electron chi connectivity index (χ1n) is 5.07. The Bertz CT molecular complexity index is 574. The molecule has 0 unspecified atom stereocenters. The fourth-order valence-electron chi connectivity index (χ4n) is 0.850. The highest BCUT2D eigenvalue weighted by atomic mass is 16.2. The van der Waals surface area contributed by atoms with E-state index in [1.807, 2.05) is 4.98 Å². The zero-order valence-corrected chi connectivity index (χ0v) is 7.75. The summed E-state index contributed by atoms with van der Waals surface area (Å²) in [4.78, 5) is 35.8. The SMILES string of the molecule is O.[2H]C([2H])([2H])n1c(=O)[nH]c(N)c(NC(C)=O)c1=O. The van der Waals surface area contributed by atoms with Crippen LogP contribution in [-0.2, 0) is 11.8 Å². The van der Waals surface area contributed by atoms with Crippen LogP contribution in [0.1, 0.15) is 11.0 Å². The third-order valence-corrected chi connectivity index (χ3v) is 1.43. The van der Waals surface area contributed by atoms with Gasteiger partial charge in [0.25, 0.3) is 5.56 Å². The average Bonchev–Trinajstić information content (AvgIpc) is 2.08. The second kappa shape index (κ2) is 4.42. The van der Waals surface area contributed by atoms with Crippen LogP contribution in [0.3, 0.4) is 0 Å². The van der Waals surface area contributed by atoms with Gasteiger partial charge in [-0.25, -0.2) is 4.79 Å². The Kier molecular flexibility index (Phi) is 2.43. The van der Waals surface area contributed by atoms with Gasteiger partial charge in [0.05, 0.1) is 0 Å². The molecule has 1 rings (SSSR count). The van der Waals surface area contributed by atoms with E-state index in [2.05, 4.69) is 5.32 Å². The maximum atomic E-state index is 11.7. The molecule has 0 aliphatic rings. The van der Waals surface area contributed by atoms with E-state index in [9.17, 15) is 14.4 Å². The number of nitrogens with zero attached hydrogens (tertiary/aromatic N) is 1. The number of nitrogens with two attached hydrogens (primary N) is 1. The average molecular weight is 219 g/mol. The summed E-state index contributed by atoms with van der Waals surface area (Å²) in [5.74, 6) is -1.01. The second-order valence-electron chi connectivity index (χ2n) is 2.54. The largest absolute Gasteiger partial charge is 0.412 e. The molecule has 0 saturated heterocycles. The molecular formula is C7H12N4O4. The molecular weight excluding hydrogens is 204 g/mol. The van der Waals surface area contributed by atoms with Gasteiger partial charge in [0.1, 0.15) is 11.5 Å². The molecule has 0 atom stereocenters. The van der Waals surface area contributed by atoms with E-state index >= 15 is 0 Å². The van der Waals surface area contributed by atoms with Crippen LogP contribution in [0.4, 0.5) is 11.5 Å². The summed E-state index contributed by atoms with van der Waals surface area (Å²) in [6.45, 7) is -1.84. The lowest BCUT2D eigenvalue weighted by atomic mass is 10.4. The van der Waals surface area contributed by atoms with Crippen LogP contribution in [0.15, 0.2) is 9.59 Å². The van der Waals surface area contributed by atoms with Crippen molar-refractivity contribution in [1.29, 1.82) is 0 Å². The van der Waals surface area contributed by atoms with Crippen LogP contribution in [0.25, 0.3) is 0 Å². The van der Waals surface area contributed by atoms with Crippen LogP contribution >= 0.6 is 0 Å². The molecule has 0 aliphatic carbocycles. The Morgan fingerprint density at radius 2 is 2.20 bits per heavy atom. The summed E-state index contributed by atoms with van der Waals surface area (Å²) in [6, 6.07) is 0. The number of carbonyl (C=O) groups excluding carboxylic acids is 1. The third kappa shape index (κ3) is 2.44. The van der Waals surface area contributed by atoms with Crippen molar-refractivity contribution < 1.29 is 14.4 Å². The Morgan fingerprint density at radius 1 is 1.60 bits per heavy atom. The number of rotatable bonds is 1. The van der Waals surface area contributed by atoms with Gasteiger partial charge in [-0.1, -0.05) is 0 Å². The number of nitrogen functional groups attached to an aromatic ring is 1. The van der Waals surface area contributed by atoms with Crippen molar-refractivity contribution in [2.45, 2.75) is 6.92 Å². The van der Waals surface area contributed by atoms with Crippen LogP contribution in [0.2, 0.25) is 0 Å². The number of amides is 1. The quantitative estimate of drug-likeness (QED) is 0.492. The molecule has 0 spiro atoms. The number of carbonyl (C=O) groups is 1. The minimum atomic E-state index is -2.95. The van der Waals surface area contributed by atoms with E-state index in [0.29, 0.717) is 0 Å². The Balaban J connectivity index is 0.00000289. The van der Waals surface area contributed by atoms with E-state index in [-0.39, 0.29) is 10.0 Å². The van der Waals surface area contributed by atoms with Gasteiger partial charge in [0, 0.05) is 18.0 Å². The second-order valence-corrected chi connectivity index (χ2v) is 2.54. The number of H-pyrrole nitrogens is 1. The molecule has 1 aromatic rings. The molecule has 84 valence electrons. The molecule has 1 aromatic heterocycles. The van der Waals surface area contributed by atoms with Crippen LogP contribution in [-0.4, -0.2) is 20.9 Å². The number of nitrogens with one attached hydrogen (secondary N) is 2. The zero-order chi connectivity index (χ0) is 13.4. The number of anilines is 2. The number of aromatic amines is 1. The molecule has 0 aliphatic heterocycles. The van der Waals surface area contributed by atoms with Crippen LogP contribution in [0, 0.1) is 0 Å². The fourth-order valence-corrected chi connectivity index (χ4v) is 0.850. The van der Waals surface area contributed by atoms with Gasteiger partial charge >= 0.3 is 5.69 Å². The predicted octanol–water partition coefficient (Wildman–Crippen LogP) is -2.21. The van der Waals surface area contributed by atoms with Crippen molar-refractivity contribution in [3.8, 4) is 0 Å². The first kappa shape index (κ1) is 8.24. The van der Waals surface area contributed by atoms with Gasteiger partial charge in [0.2, 0.25) is 5.91 Å². The highest BCUT2D eigenvalue weighted by Gasteiger charge is 2.10. The van der Waals surface area contributed by atoms with E-state index in [1.54, 1.807) is 0 Å². The first-order valence-corrected chi connectivity index (χ1v) is 3.57. The van der Waals surface area contributed by atoms with Crippen molar-refractivity contribution in [2.24, 2.45) is 6.98 Å². The summed E-state index contributed by atoms with van der Waals surface area (Å²) < 4.78 is 21.1. The van der Waals surface area contributed by atoms with Gasteiger partial charge in [-0.3, -0.25) is 19.1 Å². The Labute approximate surface area is 88.2 Å². The summed E-state index contributed by atoms with van der Waals surface area (Å²) in [6.07, 6.45) is 0. The standard InChI is InChI=1S/C7H10N4O3.H2O/c1-3(12)9-4-5(8)10-7(14)11(2)6(4)13;/h8H2,1-2H3,(H,9,12)(H,10,14);1H2/i2D3;. The normalized spacial score (nSPS) is 13.0. The molecule has 0 fully saturated rings. The van der Waals surface area contributed by atoms with Crippen molar-refractivity contribution in [3.63, 3.8) is 0 Å². The molecule has 0 aromatic carbocycles. The summed E-state index contributed by atoms with van der Waals surface area (Å²) in [5, 5.41) is 2.06. The number of hydrogen-bond acceptors (Lipinski definition) is 4. The lowest BCUT2D eigenvalue weighted by molar-refractivity contribution is -0.114. The van der Waals surface area contributed by atoms with Crippen molar-refractivity contribution in [1.82, 2.24) is 9.55 Å². The maximum Gasteiger partial charge on any atom is 0.329 e. The van der Waals surface area contributed by atoms with E-state index in [1.165, 1.54) is 0 Å². The zero-order valence-electron chi connectivity index (χ0n) is 10.7. The lowest BCUT2D eigenvalue weighted by Crippen LogP contribution is -2.35. The topological polar surface area (TPSA) is 141 Å². The molecule has 8 nitrogen and oxygen atoms in total. The van der Waals surface area contributed by atoms with Crippen molar-refractivity contribution in [2.75, 3.05) is 11.1 Å². The molecule has 0 saturated carbocycles. The summed E-state index contributed by atoms with van der Waals surface area (Å²) in [7, 11) is 0. The number of hydrogen-bond donors (Lipinski definition) is 3. The smallest absolute Gasteiger partial charge is 0.329 e. The molecule has 0 bridgehead atoms. The van der Waals surface area contributed by atoms with Gasteiger partial charge in [-0.15, -0.1) is 0 Å². The fraction of sp³-hybridized carbons (Fsp3) is 0.286. The number of aromatic nitrogens is 2. The minimum absolute atomic E-state index is 0. The molecule has 1 amide bonds. The summed E-state index contributed by atoms with van der Waals surface area (Å²) >= 11 is 0. The van der Waals surface area contributed by atoms with Crippen LogP contribution < -0.4 is 22.3 Å². The highest BCUT2D eigenvalue weighted by Crippen LogP contribution is 2.05. The first-order chi connectivity index (χ1) is 7.64. The molecule has 1 heterocycles. The Hall–Kier alpha value is -2.09. The molecule has 15 heavy (non-hydrogen) atoms. The van der Waals surface area contributed by atoms with E-state index < -0.39 is 35.6 Å². The van der Waals surface area contributed by atoms with Crippen molar-refractivity contribution in [3.05, 3.63) is 20.8 Å². The van der Waals surface area contributed by atoms with E-state index in [4.69, 9.17) is 9.85 Å². The third-order valence-electron chi connectivity index (χ3n) is 1.43. The van der Waals surface area contributed by atoms with E-state index in [0.717, 1.165) is 6.92 Å². The molecule has 6 N–H and O–H groups in total. The lowest BCUT2D eigenvalue weighted by Gasteiger charge is -2.05. The van der Waals surface area contributed by atoms with Gasteiger partial charge < -0.3 is 16.5 Å². The monoisotopic (exact) mass is 219 g/mol. The molecule has 8 heteroatoms. The summed E-state index contributed by atoms with van der Waals surface area (Å²) in [5.41, 5.74) is 2.51.